The van der Waals surface area contributed by atoms with Gasteiger partial charge in [0.1, 0.15) is 0 Å². The van der Waals surface area contributed by atoms with Crippen LogP contribution in [0.15, 0.2) is 12.2 Å². The van der Waals surface area contributed by atoms with E-state index in [4.69, 9.17) is 18.0 Å². The summed E-state index contributed by atoms with van der Waals surface area (Å²) in [7, 11) is -2.43. The minimum Gasteiger partial charge on any atom is -0.462 e. The van der Waals surface area contributed by atoms with Gasteiger partial charge in [0.25, 0.3) is 0 Å². The molecule has 0 spiro atoms. The zero-order valence-electron chi connectivity index (χ0n) is 24.5. The third-order valence-electron chi connectivity index (χ3n) is 6.55. The Bertz CT molecular complexity index is 495. The molecule has 0 rings (SSSR count). The fourth-order valence-corrected chi connectivity index (χ4v) is 7.25. The first-order chi connectivity index (χ1) is 17.5. The first kappa shape index (κ1) is 35.3. The van der Waals surface area contributed by atoms with Crippen molar-refractivity contribution in [3.63, 3.8) is 0 Å². The van der Waals surface area contributed by atoms with E-state index in [1.807, 2.05) is 20.8 Å². The average Bonchev–Trinajstić information content (AvgIpc) is 2.85. The van der Waals surface area contributed by atoms with Crippen LogP contribution in [0, 0.1) is 0 Å². The van der Waals surface area contributed by atoms with Crippen LogP contribution in [0.5, 0.6) is 0 Å². The first-order valence-corrected chi connectivity index (χ1v) is 17.2. The van der Waals surface area contributed by atoms with E-state index < -0.39 is 8.80 Å². The lowest BCUT2D eigenvalue weighted by atomic mass is 10.0. The molecule has 0 atom stereocenters. The van der Waals surface area contributed by atoms with E-state index in [2.05, 4.69) is 6.58 Å². The fraction of sp³-hybridized carbons (Fsp3) is 0.900. The van der Waals surface area contributed by atoms with Crippen LogP contribution >= 0.6 is 0 Å². The molecule has 0 aromatic heterocycles. The Labute approximate surface area is 225 Å². The molecule has 0 radical (unpaired) electrons. The van der Waals surface area contributed by atoms with E-state index in [0.29, 0.717) is 32.0 Å². The van der Waals surface area contributed by atoms with Crippen molar-refractivity contribution in [2.45, 2.75) is 149 Å². The van der Waals surface area contributed by atoms with Crippen LogP contribution in [0.1, 0.15) is 143 Å². The van der Waals surface area contributed by atoms with Gasteiger partial charge in [-0.3, -0.25) is 0 Å². The second kappa shape index (κ2) is 25.9. The van der Waals surface area contributed by atoms with E-state index in [1.54, 1.807) is 6.92 Å². The molecular weight excluding hydrogens is 468 g/mol. The van der Waals surface area contributed by atoms with Crippen LogP contribution in [0.3, 0.4) is 0 Å². The summed E-state index contributed by atoms with van der Waals surface area (Å²) in [5.41, 5.74) is 0.486. The van der Waals surface area contributed by atoms with E-state index in [1.165, 1.54) is 96.3 Å². The van der Waals surface area contributed by atoms with Crippen molar-refractivity contribution < 1.29 is 22.8 Å². The number of carbonyl (C=O) groups excluding carboxylic acids is 1. The summed E-state index contributed by atoms with van der Waals surface area (Å²) in [6, 6.07) is 0.956. The van der Waals surface area contributed by atoms with E-state index in [9.17, 15) is 4.79 Å². The quantitative estimate of drug-likeness (QED) is 0.0438. The lowest BCUT2D eigenvalue weighted by molar-refractivity contribution is -0.139. The summed E-state index contributed by atoms with van der Waals surface area (Å²) >= 11 is 0. The van der Waals surface area contributed by atoms with Crippen molar-refractivity contribution >= 4 is 14.8 Å². The van der Waals surface area contributed by atoms with Crippen molar-refractivity contribution in [3.05, 3.63) is 12.2 Å². The van der Waals surface area contributed by atoms with Gasteiger partial charge in [0.15, 0.2) is 0 Å². The maximum atomic E-state index is 11.3. The molecule has 0 unspecified atom stereocenters. The Hall–Kier alpha value is -0.693. The summed E-state index contributed by atoms with van der Waals surface area (Å²) in [5.74, 6) is -0.260. The van der Waals surface area contributed by atoms with Crippen LogP contribution in [-0.2, 0) is 22.8 Å². The molecule has 0 aliphatic heterocycles. The Morgan fingerprint density at radius 2 is 0.861 bits per heavy atom. The van der Waals surface area contributed by atoms with Crippen LogP contribution in [0.2, 0.25) is 6.04 Å². The number of hydrogen-bond acceptors (Lipinski definition) is 5. The number of carbonyl (C=O) groups is 1. The molecule has 0 heterocycles. The Kier molecular flexibility index (Phi) is 25.4. The molecule has 0 fully saturated rings. The normalized spacial score (nSPS) is 11.7. The average molecular weight is 529 g/mol. The van der Waals surface area contributed by atoms with Gasteiger partial charge in [-0.2, -0.15) is 0 Å². The molecule has 0 aromatic carbocycles. The van der Waals surface area contributed by atoms with Crippen molar-refractivity contribution in [2.24, 2.45) is 0 Å². The lowest BCUT2D eigenvalue weighted by Crippen LogP contribution is -2.45. The van der Waals surface area contributed by atoms with Gasteiger partial charge in [-0.1, -0.05) is 109 Å². The Morgan fingerprint density at radius 1 is 0.556 bits per heavy atom. The zero-order valence-corrected chi connectivity index (χ0v) is 25.5. The van der Waals surface area contributed by atoms with Crippen molar-refractivity contribution in [2.75, 3.05) is 26.4 Å². The van der Waals surface area contributed by atoms with E-state index in [0.717, 1.165) is 25.3 Å². The van der Waals surface area contributed by atoms with Crippen LogP contribution in [0.4, 0.5) is 0 Å². The number of rotatable bonds is 28. The molecule has 0 N–H and O–H groups in total. The highest BCUT2D eigenvalue weighted by Gasteiger charge is 2.39. The van der Waals surface area contributed by atoms with Crippen LogP contribution in [-0.4, -0.2) is 41.2 Å². The predicted molar refractivity (Wildman–Crippen MR) is 154 cm³/mol. The van der Waals surface area contributed by atoms with Crippen molar-refractivity contribution in [3.8, 4) is 0 Å². The number of unbranched alkanes of at least 4 members (excludes halogenated alkanes) is 17. The van der Waals surface area contributed by atoms with Gasteiger partial charge < -0.3 is 18.0 Å². The Morgan fingerprint density at radius 3 is 1.17 bits per heavy atom. The van der Waals surface area contributed by atoms with Gasteiger partial charge in [0.2, 0.25) is 0 Å². The summed E-state index contributed by atoms with van der Waals surface area (Å²) in [6.07, 6.45) is 23.6. The summed E-state index contributed by atoms with van der Waals surface area (Å²) in [6.45, 7) is 13.9. The van der Waals surface area contributed by atoms with Gasteiger partial charge in [-0.25, -0.2) is 4.79 Å². The highest BCUT2D eigenvalue weighted by Crippen LogP contribution is 2.21. The largest absolute Gasteiger partial charge is 0.500 e. The SMILES string of the molecule is C=C(C)C(=O)OCCCCCCCCCCCCCCCCCCCC[Si](OCC)(OCC)OCC. The molecule has 214 valence electrons. The van der Waals surface area contributed by atoms with Crippen LogP contribution in [0.25, 0.3) is 0 Å². The highest BCUT2D eigenvalue weighted by molar-refractivity contribution is 6.60. The maximum absolute atomic E-state index is 11.3. The fourth-order valence-electron chi connectivity index (χ4n) is 4.56. The monoisotopic (exact) mass is 528 g/mol. The van der Waals surface area contributed by atoms with Crippen LogP contribution < -0.4 is 0 Å². The molecule has 0 aliphatic carbocycles. The van der Waals surface area contributed by atoms with Crippen molar-refractivity contribution in [1.82, 2.24) is 0 Å². The number of esters is 1. The zero-order chi connectivity index (χ0) is 26.7. The van der Waals surface area contributed by atoms with Gasteiger partial charge >= 0.3 is 14.8 Å². The molecule has 0 aliphatic rings. The molecule has 0 amide bonds. The number of hydrogen-bond donors (Lipinski definition) is 0. The predicted octanol–water partition coefficient (Wildman–Crippen LogP) is 9.18. The van der Waals surface area contributed by atoms with E-state index >= 15 is 0 Å². The van der Waals surface area contributed by atoms with E-state index in [-0.39, 0.29) is 5.97 Å². The highest BCUT2D eigenvalue weighted by atomic mass is 28.4. The molecule has 6 heteroatoms. The summed E-state index contributed by atoms with van der Waals surface area (Å²) < 4.78 is 22.9. The molecule has 0 aromatic rings. The molecular formula is C30H60O5Si. The summed E-state index contributed by atoms with van der Waals surface area (Å²) in [4.78, 5) is 11.3. The molecule has 5 nitrogen and oxygen atoms in total. The Balaban J connectivity index is 3.37. The minimum absolute atomic E-state index is 0.260. The molecule has 0 bridgehead atoms. The molecule has 0 saturated carbocycles. The molecule has 0 saturated heterocycles. The topological polar surface area (TPSA) is 54.0 Å². The van der Waals surface area contributed by atoms with Gasteiger partial charge in [-0.15, -0.1) is 0 Å². The third kappa shape index (κ3) is 21.4. The smallest absolute Gasteiger partial charge is 0.462 e. The van der Waals surface area contributed by atoms with Gasteiger partial charge in [0, 0.05) is 31.4 Å². The number of ether oxygens (including phenoxy) is 1. The summed E-state index contributed by atoms with van der Waals surface area (Å²) in [5, 5.41) is 0. The minimum atomic E-state index is -2.43. The van der Waals surface area contributed by atoms with Gasteiger partial charge in [0.05, 0.1) is 6.61 Å². The molecule has 36 heavy (non-hydrogen) atoms. The second-order valence-corrected chi connectivity index (χ2v) is 12.7. The second-order valence-electron chi connectivity index (χ2n) is 10.0. The third-order valence-corrected chi connectivity index (χ3v) is 9.70. The maximum Gasteiger partial charge on any atom is 0.500 e. The lowest BCUT2D eigenvalue weighted by Gasteiger charge is -2.28. The van der Waals surface area contributed by atoms with Gasteiger partial charge in [-0.05, 0) is 40.5 Å². The van der Waals surface area contributed by atoms with Crippen molar-refractivity contribution in [1.29, 1.82) is 0 Å². The standard InChI is InChI=1S/C30H60O5Si/c1-6-33-36(34-7-2,35-8-3)28-26-24-22-20-18-16-14-12-10-9-11-13-15-17-19-21-23-25-27-32-30(31)29(4)5/h4,6-28H2,1-3,5H3. The first-order valence-electron chi connectivity index (χ1n) is 15.3.